The highest BCUT2D eigenvalue weighted by molar-refractivity contribution is 6.24. The molecule has 126 valence electrons. The lowest BCUT2D eigenvalue weighted by Gasteiger charge is -2.22. The second-order valence-electron chi connectivity index (χ2n) is 5.48. The summed E-state index contributed by atoms with van der Waals surface area (Å²) in [6.45, 7) is 0. The summed E-state index contributed by atoms with van der Waals surface area (Å²) in [6, 6.07) is 10.8. The largest absolute Gasteiger partial charge is 0.480 e. The molecule has 1 unspecified atom stereocenters. The Bertz CT molecular complexity index is 893. The van der Waals surface area contributed by atoms with Gasteiger partial charge in [-0.1, -0.05) is 36.4 Å². The monoisotopic (exact) mass is 340 g/mol. The van der Waals surface area contributed by atoms with Crippen LogP contribution in [-0.2, 0) is 11.2 Å². The molecular weight excluding hydrogens is 328 g/mol. The summed E-state index contributed by atoms with van der Waals surface area (Å²) in [7, 11) is 0. The minimum Gasteiger partial charge on any atom is -0.480 e. The van der Waals surface area contributed by atoms with Gasteiger partial charge in [0.05, 0.1) is 10.5 Å². The molecule has 0 fully saturated rings. The van der Waals surface area contributed by atoms with Crippen LogP contribution < -0.4 is 0 Å². The number of fused-ring (bicyclic) bond motifs is 1. The van der Waals surface area contributed by atoms with E-state index in [1.165, 1.54) is 12.1 Å². The van der Waals surface area contributed by atoms with Gasteiger partial charge in [-0.15, -0.1) is 0 Å². The zero-order valence-corrected chi connectivity index (χ0v) is 12.8. The van der Waals surface area contributed by atoms with Crippen LogP contribution in [0.1, 0.15) is 26.3 Å². The van der Waals surface area contributed by atoms with Crippen LogP contribution in [0.15, 0.2) is 48.5 Å². The maximum atomic E-state index is 12.6. The lowest BCUT2D eigenvalue weighted by Crippen LogP contribution is -2.46. The van der Waals surface area contributed by atoms with E-state index in [2.05, 4.69) is 0 Å². The van der Waals surface area contributed by atoms with Crippen LogP contribution in [0.4, 0.5) is 5.69 Å². The topological polar surface area (TPSA) is 118 Å². The third kappa shape index (κ3) is 2.74. The Morgan fingerprint density at radius 2 is 1.76 bits per heavy atom. The first-order chi connectivity index (χ1) is 11.9. The Labute approximate surface area is 141 Å². The SMILES string of the molecule is O=C(O)C(Cc1ccccc1)N1C(=O)c2cccc([N+](=O)[O-])c2C1=O. The maximum absolute atomic E-state index is 12.6. The summed E-state index contributed by atoms with van der Waals surface area (Å²) >= 11 is 0. The number of aliphatic carboxylic acids is 1. The molecule has 1 heterocycles. The predicted octanol–water partition coefficient (Wildman–Crippen LogP) is 1.89. The molecule has 1 N–H and O–H groups in total. The molecule has 1 aliphatic rings. The number of carbonyl (C=O) groups excluding carboxylic acids is 2. The summed E-state index contributed by atoms with van der Waals surface area (Å²) in [4.78, 5) is 47.8. The Morgan fingerprint density at radius 3 is 2.36 bits per heavy atom. The normalized spacial score (nSPS) is 14.3. The quantitative estimate of drug-likeness (QED) is 0.504. The minimum atomic E-state index is -1.45. The van der Waals surface area contributed by atoms with Crippen molar-refractivity contribution in [1.82, 2.24) is 4.90 Å². The highest BCUT2D eigenvalue weighted by Gasteiger charge is 2.46. The number of rotatable bonds is 5. The average molecular weight is 340 g/mol. The van der Waals surface area contributed by atoms with E-state index in [4.69, 9.17) is 0 Å². The molecule has 0 saturated carbocycles. The van der Waals surface area contributed by atoms with E-state index in [1.54, 1.807) is 30.3 Å². The summed E-state index contributed by atoms with van der Waals surface area (Å²) in [6.07, 6.45) is -0.0879. The Morgan fingerprint density at radius 1 is 1.08 bits per heavy atom. The number of nitro groups is 1. The third-order valence-corrected chi connectivity index (χ3v) is 3.99. The van der Waals surface area contributed by atoms with Gasteiger partial charge in [-0.2, -0.15) is 0 Å². The van der Waals surface area contributed by atoms with Crippen LogP contribution in [0.3, 0.4) is 0 Å². The van der Waals surface area contributed by atoms with Gasteiger partial charge in [0.15, 0.2) is 0 Å². The second kappa shape index (κ2) is 6.16. The van der Waals surface area contributed by atoms with Crippen molar-refractivity contribution < 1.29 is 24.4 Å². The fourth-order valence-corrected chi connectivity index (χ4v) is 2.85. The number of carbonyl (C=O) groups is 3. The molecule has 8 nitrogen and oxygen atoms in total. The molecule has 25 heavy (non-hydrogen) atoms. The number of hydrogen-bond donors (Lipinski definition) is 1. The van der Waals surface area contributed by atoms with Gasteiger partial charge in [-0.25, -0.2) is 4.79 Å². The first-order valence-corrected chi connectivity index (χ1v) is 7.34. The van der Waals surface area contributed by atoms with Crippen LogP contribution >= 0.6 is 0 Å². The van der Waals surface area contributed by atoms with Crippen molar-refractivity contribution in [3.8, 4) is 0 Å². The van der Waals surface area contributed by atoms with E-state index < -0.39 is 34.4 Å². The van der Waals surface area contributed by atoms with Gasteiger partial charge in [-0.3, -0.25) is 24.6 Å². The van der Waals surface area contributed by atoms with E-state index in [9.17, 15) is 29.6 Å². The molecule has 2 aromatic rings. The van der Waals surface area contributed by atoms with Crippen molar-refractivity contribution in [1.29, 1.82) is 0 Å². The van der Waals surface area contributed by atoms with Gasteiger partial charge in [0.2, 0.25) is 0 Å². The molecular formula is C17H12N2O6. The number of imide groups is 1. The molecule has 2 aromatic carbocycles. The van der Waals surface area contributed by atoms with Crippen molar-refractivity contribution in [3.05, 3.63) is 75.3 Å². The summed E-state index contributed by atoms with van der Waals surface area (Å²) < 4.78 is 0. The van der Waals surface area contributed by atoms with Crippen LogP contribution in [0.2, 0.25) is 0 Å². The number of carboxylic acid groups (broad SMARTS) is 1. The molecule has 0 spiro atoms. The van der Waals surface area contributed by atoms with Crippen molar-refractivity contribution >= 4 is 23.5 Å². The van der Waals surface area contributed by atoms with Crippen LogP contribution in [0.25, 0.3) is 0 Å². The van der Waals surface area contributed by atoms with Gasteiger partial charge in [0.1, 0.15) is 11.6 Å². The second-order valence-corrected chi connectivity index (χ2v) is 5.48. The number of benzene rings is 2. The summed E-state index contributed by atoms with van der Waals surface area (Å²) in [5, 5.41) is 20.6. The molecule has 0 saturated heterocycles. The molecule has 1 atom stereocenters. The van der Waals surface area contributed by atoms with Crippen molar-refractivity contribution in [3.63, 3.8) is 0 Å². The highest BCUT2D eigenvalue weighted by atomic mass is 16.6. The molecule has 0 aliphatic carbocycles. The first-order valence-electron chi connectivity index (χ1n) is 7.34. The summed E-state index contributed by atoms with van der Waals surface area (Å²) in [5.74, 6) is -3.16. The van der Waals surface area contributed by atoms with Gasteiger partial charge in [0, 0.05) is 12.5 Å². The maximum Gasteiger partial charge on any atom is 0.327 e. The summed E-state index contributed by atoms with van der Waals surface area (Å²) in [5.41, 5.74) is -0.404. The van der Waals surface area contributed by atoms with Crippen LogP contribution in [-0.4, -0.2) is 38.8 Å². The highest BCUT2D eigenvalue weighted by Crippen LogP contribution is 2.32. The van der Waals surface area contributed by atoms with E-state index in [0.29, 0.717) is 10.5 Å². The Balaban J connectivity index is 2.03. The zero-order valence-electron chi connectivity index (χ0n) is 12.8. The van der Waals surface area contributed by atoms with E-state index >= 15 is 0 Å². The molecule has 0 bridgehead atoms. The van der Waals surface area contributed by atoms with Crippen LogP contribution in [0, 0.1) is 10.1 Å². The smallest absolute Gasteiger partial charge is 0.327 e. The number of hydrogen-bond acceptors (Lipinski definition) is 5. The van der Waals surface area contributed by atoms with Gasteiger partial charge in [0.25, 0.3) is 17.5 Å². The minimum absolute atomic E-state index is 0.0879. The van der Waals surface area contributed by atoms with Gasteiger partial charge in [-0.05, 0) is 11.6 Å². The fourth-order valence-electron chi connectivity index (χ4n) is 2.85. The number of nitrogens with zero attached hydrogens (tertiary/aromatic N) is 2. The molecule has 2 amide bonds. The lowest BCUT2D eigenvalue weighted by molar-refractivity contribution is -0.385. The number of carboxylic acids is 1. The molecule has 1 aliphatic heterocycles. The van der Waals surface area contributed by atoms with Gasteiger partial charge < -0.3 is 5.11 Å². The molecule has 3 rings (SSSR count). The average Bonchev–Trinajstić information content (AvgIpc) is 2.85. The molecule has 0 aromatic heterocycles. The van der Waals surface area contributed by atoms with E-state index in [-0.39, 0.29) is 17.5 Å². The standard InChI is InChI=1S/C17H12N2O6/c20-15-11-7-4-8-12(19(24)25)14(11)16(21)18(15)13(17(22)23)9-10-5-2-1-3-6-10/h1-8,13H,9H2,(H,22,23). The van der Waals surface area contributed by atoms with Gasteiger partial charge >= 0.3 is 5.97 Å². The molecule has 0 radical (unpaired) electrons. The number of nitro benzene ring substituents is 1. The molecule has 8 heteroatoms. The van der Waals surface area contributed by atoms with E-state index in [0.717, 1.165) is 6.07 Å². The van der Waals surface area contributed by atoms with Crippen molar-refractivity contribution in [2.45, 2.75) is 12.5 Å². The third-order valence-electron chi connectivity index (χ3n) is 3.99. The zero-order chi connectivity index (χ0) is 18.1. The van der Waals surface area contributed by atoms with E-state index in [1.807, 2.05) is 0 Å². The van der Waals surface area contributed by atoms with Crippen molar-refractivity contribution in [2.75, 3.05) is 0 Å². The fraction of sp³-hybridized carbons (Fsp3) is 0.118. The Hall–Kier alpha value is -3.55. The van der Waals surface area contributed by atoms with Crippen molar-refractivity contribution in [2.24, 2.45) is 0 Å². The number of amides is 2. The van der Waals surface area contributed by atoms with Crippen LogP contribution in [0.5, 0.6) is 0 Å². The predicted molar refractivity (Wildman–Crippen MR) is 85.2 cm³/mol. The first kappa shape index (κ1) is 16.3. The lowest BCUT2D eigenvalue weighted by atomic mass is 10.0. The Kier molecular flexibility index (Phi) is 4.02.